The van der Waals surface area contributed by atoms with Gasteiger partial charge in [-0.05, 0) is 173 Å². The molecule has 1 heterocycles. The van der Waals surface area contributed by atoms with E-state index < -0.39 is 10.8 Å². The van der Waals surface area contributed by atoms with Crippen molar-refractivity contribution in [2.24, 2.45) is 0 Å². The predicted molar refractivity (Wildman–Crippen MR) is 400 cm³/mol. The number of anilines is 3. The smallest absolute Gasteiger partial charge is 0.0986 e. The molecule has 0 fully saturated rings. The number of hydrogen-bond donors (Lipinski definition) is 0. The zero-order chi connectivity index (χ0) is 63.8. The van der Waals surface area contributed by atoms with Crippen LogP contribution >= 0.6 is 0 Å². The molecule has 452 valence electrons. The zero-order valence-electron chi connectivity index (χ0n) is 53.2. The molecule has 14 aromatic carbocycles. The van der Waals surface area contributed by atoms with Crippen molar-refractivity contribution in [1.82, 2.24) is 9.97 Å². The van der Waals surface area contributed by atoms with Crippen LogP contribution in [0.1, 0.15) is 57.3 Å². The van der Waals surface area contributed by atoms with Gasteiger partial charge in [-0.1, -0.05) is 297 Å². The average molecular weight is 1230 g/mol. The summed E-state index contributed by atoms with van der Waals surface area (Å²) in [4.78, 5) is 14.8. The monoisotopic (exact) mass is 1230 g/mol. The van der Waals surface area contributed by atoms with Gasteiger partial charge >= 0.3 is 0 Å². The number of fused-ring (bicyclic) bond motifs is 20. The average Bonchev–Trinajstić information content (AvgIpc) is 1.55. The molecule has 3 nitrogen and oxygen atoms in total. The van der Waals surface area contributed by atoms with E-state index >= 15 is 0 Å². The Morgan fingerprint density at radius 3 is 1.04 bits per heavy atom. The van der Waals surface area contributed by atoms with Crippen molar-refractivity contribution >= 4 is 33.7 Å². The third kappa shape index (κ3) is 7.91. The lowest BCUT2D eigenvalue weighted by Crippen LogP contribution is -2.27. The molecule has 20 rings (SSSR count). The lowest BCUT2D eigenvalue weighted by molar-refractivity contribution is 0.781. The van der Waals surface area contributed by atoms with Crippen LogP contribution in [0, 0.1) is 0 Å². The van der Waals surface area contributed by atoms with Crippen LogP contribution in [0.4, 0.5) is 17.1 Å². The molecule has 97 heavy (non-hydrogen) atoms. The Bertz CT molecular complexity index is 5690. The Morgan fingerprint density at radius 1 is 0.258 bits per heavy atom. The second-order valence-electron chi connectivity index (χ2n) is 26.4. The summed E-state index contributed by atoms with van der Waals surface area (Å²) in [5, 5.41) is 0. The van der Waals surface area contributed by atoms with Crippen molar-refractivity contribution in [3.8, 4) is 100 Å². The molecular formula is C94H61N3. The number of allylic oxidation sites excluding steroid dienone is 4. The van der Waals surface area contributed by atoms with Gasteiger partial charge in [0.1, 0.15) is 0 Å². The summed E-state index contributed by atoms with van der Waals surface area (Å²) >= 11 is 0. The highest BCUT2D eigenvalue weighted by Gasteiger charge is 2.54. The summed E-state index contributed by atoms with van der Waals surface area (Å²) in [7, 11) is 0. The first kappa shape index (κ1) is 55.2. The Balaban J connectivity index is 0.936. The lowest BCUT2D eigenvalue weighted by atomic mass is 9.68. The molecule has 15 aromatic rings. The van der Waals surface area contributed by atoms with E-state index in [1.165, 1.54) is 89.0 Å². The second-order valence-corrected chi connectivity index (χ2v) is 26.4. The quantitative estimate of drug-likeness (QED) is 0.144. The minimum absolute atomic E-state index is 0.546. The van der Waals surface area contributed by atoms with Gasteiger partial charge in [0.25, 0.3) is 0 Å². The number of benzene rings is 14. The molecule has 0 bridgehead atoms. The second kappa shape index (κ2) is 21.6. The van der Waals surface area contributed by atoms with Crippen molar-refractivity contribution in [2.75, 3.05) is 4.90 Å². The summed E-state index contributed by atoms with van der Waals surface area (Å²) in [5.74, 6) is 0. The van der Waals surface area contributed by atoms with Crippen LogP contribution in [-0.4, -0.2) is 9.97 Å². The molecule has 5 aliphatic rings. The zero-order valence-corrected chi connectivity index (χ0v) is 53.2. The van der Waals surface area contributed by atoms with Crippen LogP contribution in [0.3, 0.4) is 0 Å². The van der Waals surface area contributed by atoms with Crippen molar-refractivity contribution in [1.29, 1.82) is 0 Å². The van der Waals surface area contributed by atoms with Crippen LogP contribution in [0.15, 0.2) is 351 Å². The largest absolute Gasteiger partial charge is 0.311 e. The van der Waals surface area contributed by atoms with Gasteiger partial charge in [0.2, 0.25) is 0 Å². The molecule has 3 heteroatoms. The Hall–Kier alpha value is -12.3. The Kier molecular flexibility index (Phi) is 12.3. The van der Waals surface area contributed by atoms with E-state index in [1.54, 1.807) is 0 Å². The fourth-order valence-corrected chi connectivity index (χ4v) is 17.8. The first-order chi connectivity index (χ1) is 48.2. The summed E-state index contributed by atoms with van der Waals surface area (Å²) in [6.07, 6.45) is 6.90. The van der Waals surface area contributed by atoms with Gasteiger partial charge in [0.05, 0.1) is 33.3 Å². The van der Waals surface area contributed by atoms with Crippen LogP contribution in [0.5, 0.6) is 0 Å². The molecule has 1 aromatic heterocycles. The van der Waals surface area contributed by atoms with Crippen LogP contribution in [0.25, 0.3) is 117 Å². The lowest BCUT2D eigenvalue weighted by Gasteiger charge is -2.33. The highest BCUT2D eigenvalue weighted by Crippen LogP contribution is 2.66. The van der Waals surface area contributed by atoms with Gasteiger partial charge in [-0.3, -0.25) is 0 Å². The summed E-state index contributed by atoms with van der Waals surface area (Å²) in [6, 6.07) is 124. The fraction of sp³-hybridized carbons (Fsp3) is 0.0426. The summed E-state index contributed by atoms with van der Waals surface area (Å²) in [5.41, 5.74) is 36.9. The summed E-state index contributed by atoms with van der Waals surface area (Å²) in [6.45, 7) is 0. The van der Waals surface area contributed by atoms with Gasteiger partial charge in [-0.25, -0.2) is 9.97 Å². The molecule has 0 saturated heterocycles. The maximum absolute atomic E-state index is 6.25. The number of nitrogens with zero attached hydrogens (tertiary/aromatic N) is 3. The number of para-hydroxylation sites is 2. The standard InChI is InChI=1S/C94H61N3/c1-6-28-60(29-7-1)87-85(64-52-56-75-73-42-20-26-48-81(73)93(83(75)58-64)77-44-22-16-38-69(77)70-39-17-23-45-78(70)93)86(65-53-57-76-74-43-21-27-49-82(74)94(84(76)59-65)79-46-24-18-40-71(79)72-41-19-25-47-80(72)94)88(61-30-8-2-9-31-61)92-91(87)95-89(62-32-10-3-11-33-62)90(96-92)63-50-54-68(55-51-63)97(66-34-12-4-13-35-66)67-36-14-5-15-37-67/h1-16,18-38,40-59H,17,39H2. The van der Waals surface area contributed by atoms with Crippen molar-refractivity contribution in [3.63, 3.8) is 0 Å². The summed E-state index contributed by atoms with van der Waals surface area (Å²) < 4.78 is 0. The number of hydrogen-bond acceptors (Lipinski definition) is 3. The van der Waals surface area contributed by atoms with E-state index in [4.69, 9.17) is 9.97 Å². The molecule has 0 amide bonds. The van der Waals surface area contributed by atoms with E-state index in [0.717, 1.165) is 108 Å². The topological polar surface area (TPSA) is 29.0 Å². The van der Waals surface area contributed by atoms with Crippen molar-refractivity contribution in [3.05, 3.63) is 396 Å². The highest BCUT2D eigenvalue weighted by atomic mass is 15.1. The van der Waals surface area contributed by atoms with Crippen LogP contribution in [0.2, 0.25) is 0 Å². The third-order valence-corrected chi connectivity index (χ3v) is 21.6. The molecule has 2 spiro atoms. The molecule has 0 saturated carbocycles. The molecule has 5 aliphatic carbocycles. The van der Waals surface area contributed by atoms with Gasteiger partial charge in [-0.2, -0.15) is 0 Å². The SMILES string of the molecule is C1=CC2=C(CC1)c1ccccc1C21c2ccccc2-c2ccc(-c3c(-c4ccc5c(c4)C4(c6ccccc6-c6ccccc64)c4ccccc4-5)c(-c4ccccc4)c4nc(-c5ccc(N(c6ccccc6)c6ccccc6)cc5)c(-c5ccccc5)nc4c3-c3ccccc3)cc21. The number of rotatable bonds is 9. The maximum atomic E-state index is 6.25. The minimum Gasteiger partial charge on any atom is -0.311 e. The molecule has 1 unspecified atom stereocenters. The normalized spacial score (nSPS) is 15.2. The van der Waals surface area contributed by atoms with Crippen LogP contribution in [-0.2, 0) is 10.8 Å². The molecule has 0 N–H and O–H groups in total. The molecule has 1 atom stereocenters. The third-order valence-electron chi connectivity index (χ3n) is 21.6. The van der Waals surface area contributed by atoms with Crippen molar-refractivity contribution < 1.29 is 0 Å². The van der Waals surface area contributed by atoms with Gasteiger partial charge in [-0.15, -0.1) is 0 Å². The minimum atomic E-state index is -0.595. The Labute approximate surface area is 565 Å². The fourth-order valence-electron chi connectivity index (χ4n) is 17.8. The van der Waals surface area contributed by atoms with Crippen molar-refractivity contribution in [2.45, 2.75) is 23.7 Å². The van der Waals surface area contributed by atoms with E-state index in [1.807, 2.05) is 0 Å². The van der Waals surface area contributed by atoms with E-state index in [0.29, 0.717) is 0 Å². The van der Waals surface area contributed by atoms with Gasteiger partial charge in [0, 0.05) is 50.4 Å². The van der Waals surface area contributed by atoms with Crippen LogP contribution < -0.4 is 4.90 Å². The first-order valence-corrected chi connectivity index (χ1v) is 33.9. The first-order valence-electron chi connectivity index (χ1n) is 33.9. The van der Waals surface area contributed by atoms with Gasteiger partial charge < -0.3 is 4.90 Å². The molecule has 0 aliphatic heterocycles. The highest BCUT2D eigenvalue weighted by molar-refractivity contribution is 6.17. The van der Waals surface area contributed by atoms with Gasteiger partial charge in [0.15, 0.2) is 0 Å². The maximum Gasteiger partial charge on any atom is 0.0986 e. The predicted octanol–water partition coefficient (Wildman–Crippen LogP) is 23.9. The molecular weight excluding hydrogens is 1170 g/mol. The number of aromatic nitrogens is 2. The van der Waals surface area contributed by atoms with E-state index in [2.05, 4.69) is 351 Å². The Morgan fingerprint density at radius 2 is 0.588 bits per heavy atom. The van der Waals surface area contributed by atoms with E-state index in [9.17, 15) is 0 Å². The van der Waals surface area contributed by atoms with E-state index in [-0.39, 0.29) is 0 Å². The molecule has 0 radical (unpaired) electrons.